The zero-order valence-corrected chi connectivity index (χ0v) is 20.6. The van der Waals surface area contributed by atoms with E-state index in [1.807, 2.05) is 40.8 Å². The molecule has 0 unspecified atom stereocenters. The van der Waals surface area contributed by atoms with Crippen molar-refractivity contribution < 1.29 is 4.79 Å². The van der Waals surface area contributed by atoms with Gasteiger partial charge in [0, 0.05) is 50.4 Å². The summed E-state index contributed by atoms with van der Waals surface area (Å²) in [6, 6.07) is 22.5. The van der Waals surface area contributed by atoms with Gasteiger partial charge in [-0.25, -0.2) is 0 Å². The van der Waals surface area contributed by atoms with Gasteiger partial charge in [0.05, 0.1) is 5.75 Å². The summed E-state index contributed by atoms with van der Waals surface area (Å²) in [4.78, 5) is 17.2. The third kappa shape index (κ3) is 4.97. The molecule has 6 nitrogen and oxygen atoms in total. The third-order valence-electron chi connectivity index (χ3n) is 6.26. The lowest BCUT2D eigenvalue weighted by atomic mass is 10.0. The van der Waals surface area contributed by atoms with E-state index in [4.69, 9.17) is 11.6 Å². The van der Waals surface area contributed by atoms with E-state index in [-0.39, 0.29) is 5.91 Å². The molecule has 3 aromatic carbocycles. The molecule has 5 rings (SSSR count). The van der Waals surface area contributed by atoms with Gasteiger partial charge >= 0.3 is 0 Å². The molecule has 1 amide bonds. The predicted molar refractivity (Wildman–Crippen MR) is 138 cm³/mol. The van der Waals surface area contributed by atoms with Crippen LogP contribution in [-0.4, -0.2) is 62.4 Å². The minimum absolute atomic E-state index is 0.144. The Balaban J connectivity index is 1.14. The van der Waals surface area contributed by atoms with Crippen molar-refractivity contribution in [3.05, 3.63) is 77.3 Å². The van der Waals surface area contributed by atoms with Gasteiger partial charge in [-0.05, 0) is 40.6 Å². The first-order chi connectivity index (χ1) is 16.6. The van der Waals surface area contributed by atoms with Gasteiger partial charge in [-0.1, -0.05) is 65.8 Å². The Hall–Kier alpha value is -2.87. The van der Waals surface area contributed by atoms with E-state index in [0.717, 1.165) is 49.3 Å². The SMILES string of the molecule is Cn1c(SCC(=O)N2CCN(Cc3cccc4ccccc34)CC2)nnc1-c1ccc(Cl)cc1. The predicted octanol–water partition coefficient (Wildman–Crippen LogP) is 4.73. The number of amides is 1. The van der Waals surface area contributed by atoms with Crippen molar-refractivity contribution in [3.63, 3.8) is 0 Å². The number of carbonyl (C=O) groups excluding carboxylic acids is 1. The summed E-state index contributed by atoms with van der Waals surface area (Å²) >= 11 is 7.41. The van der Waals surface area contributed by atoms with Crippen molar-refractivity contribution in [2.24, 2.45) is 7.05 Å². The molecule has 0 aliphatic carbocycles. The maximum absolute atomic E-state index is 12.9. The monoisotopic (exact) mass is 491 g/mol. The summed E-state index contributed by atoms with van der Waals surface area (Å²) in [6.45, 7) is 4.16. The molecule has 4 aromatic rings. The lowest BCUT2D eigenvalue weighted by molar-refractivity contribution is -0.130. The molecule has 0 atom stereocenters. The number of hydrogen-bond acceptors (Lipinski definition) is 5. The molecular weight excluding hydrogens is 466 g/mol. The van der Waals surface area contributed by atoms with E-state index in [9.17, 15) is 4.79 Å². The zero-order chi connectivity index (χ0) is 23.5. The van der Waals surface area contributed by atoms with E-state index < -0.39 is 0 Å². The van der Waals surface area contributed by atoms with Crippen LogP contribution in [0.1, 0.15) is 5.56 Å². The second kappa shape index (κ2) is 10.2. The number of thioether (sulfide) groups is 1. The summed E-state index contributed by atoms with van der Waals surface area (Å²) in [5.41, 5.74) is 2.28. The van der Waals surface area contributed by atoms with Crippen molar-refractivity contribution in [1.29, 1.82) is 0 Å². The van der Waals surface area contributed by atoms with Crippen LogP contribution in [0.3, 0.4) is 0 Å². The molecule has 34 heavy (non-hydrogen) atoms. The smallest absolute Gasteiger partial charge is 0.233 e. The standard InChI is InChI=1S/C26H26ClN5OS/c1-30-25(20-9-11-22(27)12-10-20)28-29-26(30)34-18-24(33)32-15-13-31(14-16-32)17-21-7-4-6-19-5-2-3-8-23(19)21/h2-12H,13-18H2,1H3. The summed E-state index contributed by atoms with van der Waals surface area (Å²) in [6.07, 6.45) is 0. The minimum atomic E-state index is 0.144. The molecule has 8 heteroatoms. The fraction of sp³-hybridized carbons (Fsp3) is 0.269. The largest absolute Gasteiger partial charge is 0.339 e. The van der Waals surface area contributed by atoms with Crippen molar-refractivity contribution in [3.8, 4) is 11.4 Å². The highest BCUT2D eigenvalue weighted by molar-refractivity contribution is 7.99. The maximum atomic E-state index is 12.9. The number of rotatable bonds is 6. The molecule has 0 bridgehead atoms. The van der Waals surface area contributed by atoms with Crippen LogP contribution in [-0.2, 0) is 18.4 Å². The van der Waals surface area contributed by atoms with Crippen LogP contribution >= 0.6 is 23.4 Å². The van der Waals surface area contributed by atoms with Gasteiger partial charge in [0.1, 0.15) is 0 Å². The fourth-order valence-electron chi connectivity index (χ4n) is 4.34. The summed E-state index contributed by atoms with van der Waals surface area (Å²) in [5.74, 6) is 1.26. The Morgan fingerprint density at radius 3 is 2.47 bits per heavy atom. The summed E-state index contributed by atoms with van der Waals surface area (Å²) in [5, 5.41) is 12.6. The molecule has 1 saturated heterocycles. The lowest BCUT2D eigenvalue weighted by Gasteiger charge is -2.35. The highest BCUT2D eigenvalue weighted by Gasteiger charge is 2.22. The Morgan fingerprint density at radius 1 is 0.941 bits per heavy atom. The first-order valence-corrected chi connectivity index (χ1v) is 12.7. The van der Waals surface area contributed by atoms with E-state index in [2.05, 4.69) is 57.6 Å². The van der Waals surface area contributed by atoms with Gasteiger partial charge in [-0.15, -0.1) is 10.2 Å². The van der Waals surface area contributed by atoms with Crippen LogP contribution in [0.2, 0.25) is 5.02 Å². The van der Waals surface area contributed by atoms with Crippen molar-refractivity contribution in [2.75, 3.05) is 31.9 Å². The molecule has 1 aromatic heterocycles. The second-order valence-corrected chi connectivity index (χ2v) is 9.83. The maximum Gasteiger partial charge on any atom is 0.233 e. The quantitative estimate of drug-likeness (QED) is 0.365. The third-order valence-corrected chi connectivity index (χ3v) is 7.52. The van der Waals surface area contributed by atoms with Gasteiger partial charge in [-0.3, -0.25) is 9.69 Å². The molecule has 0 saturated carbocycles. The number of aromatic nitrogens is 3. The van der Waals surface area contributed by atoms with Crippen molar-refractivity contribution in [1.82, 2.24) is 24.6 Å². The number of halogens is 1. The first kappa shape index (κ1) is 22.9. The van der Waals surface area contributed by atoms with Crippen molar-refractivity contribution >= 4 is 40.0 Å². The van der Waals surface area contributed by atoms with Crippen LogP contribution in [0.4, 0.5) is 0 Å². The molecule has 0 N–H and O–H groups in total. The number of benzene rings is 3. The zero-order valence-electron chi connectivity index (χ0n) is 19.0. The molecule has 174 valence electrons. The average molecular weight is 492 g/mol. The highest BCUT2D eigenvalue weighted by Crippen LogP contribution is 2.25. The molecule has 0 spiro atoms. The normalized spacial score (nSPS) is 14.6. The Bertz CT molecular complexity index is 1290. The van der Waals surface area contributed by atoms with E-state index in [1.165, 1.54) is 28.1 Å². The van der Waals surface area contributed by atoms with Gasteiger partial charge in [-0.2, -0.15) is 0 Å². The number of fused-ring (bicyclic) bond motifs is 1. The molecule has 2 heterocycles. The van der Waals surface area contributed by atoms with Crippen LogP contribution < -0.4 is 0 Å². The Labute approximate surface area is 208 Å². The van der Waals surface area contributed by atoms with Gasteiger partial charge in [0.2, 0.25) is 5.91 Å². The van der Waals surface area contributed by atoms with Gasteiger partial charge in [0.25, 0.3) is 0 Å². The summed E-state index contributed by atoms with van der Waals surface area (Å²) in [7, 11) is 1.92. The number of piperazine rings is 1. The number of nitrogens with zero attached hydrogens (tertiary/aromatic N) is 5. The number of hydrogen-bond donors (Lipinski definition) is 0. The van der Waals surface area contributed by atoms with Gasteiger partial charge in [0.15, 0.2) is 11.0 Å². The topological polar surface area (TPSA) is 54.3 Å². The van der Waals surface area contributed by atoms with Crippen LogP contribution in [0.25, 0.3) is 22.2 Å². The van der Waals surface area contributed by atoms with E-state index in [0.29, 0.717) is 10.8 Å². The lowest BCUT2D eigenvalue weighted by Crippen LogP contribution is -2.48. The second-order valence-electron chi connectivity index (χ2n) is 8.46. The van der Waals surface area contributed by atoms with Gasteiger partial charge < -0.3 is 9.47 Å². The molecule has 1 aliphatic rings. The molecule has 0 radical (unpaired) electrons. The van der Waals surface area contributed by atoms with Crippen LogP contribution in [0.15, 0.2) is 71.9 Å². The van der Waals surface area contributed by atoms with Crippen molar-refractivity contribution in [2.45, 2.75) is 11.7 Å². The summed E-state index contributed by atoms with van der Waals surface area (Å²) < 4.78 is 1.92. The molecular formula is C26H26ClN5OS. The average Bonchev–Trinajstić information content (AvgIpc) is 3.24. The van der Waals surface area contributed by atoms with Crippen LogP contribution in [0, 0.1) is 0 Å². The number of carbonyl (C=O) groups is 1. The van der Waals surface area contributed by atoms with E-state index in [1.54, 1.807) is 0 Å². The molecule has 1 fully saturated rings. The first-order valence-electron chi connectivity index (χ1n) is 11.3. The molecule has 1 aliphatic heterocycles. The highest BCUT2D eigenvalue weighted by atomic mass is 35.5. The van der Waals surface area contributed by atoms with E-state index >= 15 is 0 Å². The minimum Gasteiger partial charge on any atom is -0.339 e. The fourth-order valence-corrected chi connectivity index (χ4v) is 5.27. The Morgan fingerprint density at radius 2 is 1.68 bits per heavy atom. The Kier molecular flexibility index (Phi) is 6.85. The van der Waals surface area contributed by atoms with Crippen LogP contribution in [0.5, 0.6) is 0 Å².